The minimum Gasteiger partial charge on any atom is -0.261 e. The molecular formula is C18H14Cl2N6. The van der Waals surface area contributed by atoms with E-state index in [9.17, 15) is 0 Å². The van der Waals surface area contributed by atoms with Crippen LogP contribution >= 0.6 is 23.2 Å². The molecule has 8 heteroatoms. The molecule has 26 heavy (non-hydrogen) atoms. The van der Waals surface area contributed by atoms with Gasteiger partial charge in [-0.2, -0.15) is 10.2 Å². The van der Waals surface area contributed by atoms with Crippen molar-refractivity contribution in [1.29, 1.82) is 0 Å². The second kappa shape index (κ2) is 8.94. The van der Waals surface area contributed by atoms with Gasteiger partial charge < -0.3 is 0 Å². The van der Waals surface area contributed by atoms with E-state index in [1.54, 1.807) is 42.8 Å². The lowest BCUT2D eigenvalue weighted by Gasteiger charge is -2.02. The van der Waals surface area contributed by atoms with Crippen molar-refractivity contribution in [2.24, 2.45) is 10.2 Å². The molecule has 2 aromatic carbocycles. The maximum absolute atomic E-state index is 5.85. The molecular weight excluding hydrogens is 371 g/mol. The first-order valence-electron chi connectivity index (χ1n) is 7.60. The van der Waals surface area contributed by atoms with Gasteiger partial charge in [0.1, 0.15) is 6.33 Å². The summed E-state index contributed by atoms with van der Waals surface area (Å²) in [6, 6.07) is 16.4. The summed E-state index contributed by atoms with van der Waals surface area (Å²) in [4.78, 5) is 8.19. The number of aromatic nitrogens is 2. The van der Waals surface area contributed by atoms with Gasteiger partial charge >= 0.3 is 0 Å². The van der Waals surface area contributed by atoms with Crippen LogP contribution in [0.2, 0.25) is 10.0 Å². The van der Waals surface area contributed by atoms with Crippen LogP contribution in [0, 0.1) is 0 Å². The Morgan fingerprint density at radius 2 is 1.12 bits per heavy atom. The zero-order valence-electron chi connectivity index (χ0n) is 13.5. The highest BCUT2D eigenvalue weighted by Gasteiger charge is 1.96. The maximum Gasteiger partial charge on any atom is 0.151 e. The number of hydrogen-bond donors (Lipinski definition) is 2. The lowest BCUT2D eigenvalue weighted by Crippen LogP contribution is -1.98. The van der Waals surface area contributed by atoms with Gasteiger partial charge in [-0.25, -0.2) is 9.97 Å². The molecule has 1 heterocycles. The van der Waals surface area contributed by atoms with E-state index < -0.39 is 0 Å². The second-order valence-electron chi connectivity index (χ2n) is 5.13. The Morgan fingerprint density at radius 3 is 1.54 bits per heavy atom. The molecule has 0 aliphatic carbocycles. The smallest absolute Gasteiger partial charge is 0.151 e. The topological polar surface area (TPSA) is 74.6 Å². The SMILES string of the molecule is Clc1ccc(/C=N/Nc2cc(N/N=C/c3ccc(Cl)cc3)ncn2)cc1. The predicted octanol–water partition coefficient (Wildman–Crippen LogP) is 4.68. The van der Waals surface area contributed by atoms with E-state index in [0.29, 0.717) is 21.7 Å². The van der Waals surface area contributed by atoms with Crippen molar-refractivity contribution >= 4 is 47.3 Å². The summed E-state index contributed by atoms with van der Waals surface area (Å²) >= 11 is 11.7. The molecule has 3 rings (SSSR count). The summed E-state index contributed by atoms with van der Waals surface area (Å²) in [5.41, 5.74) is 7.52. The number of hydrazone groups is 2. The normalized spacial score (nSPS) is 11.2. The van der Waals surface area contributed by atoms with Gasteiger partial charge in [0.15, 0.2) is 11.6 Å². The zero-order chi connectivity index (χ0) is 18.2. The number of nitrogens with zero attached hydrogens (tertiary/aromatic N) is 4. The Kier molecular flexibility index (Phi) is 6.14. The molecule has 2 N–H and O–H groups in total. The summed E-state index contributed by atoms with van der Waals surface area (Å²) in [5, 5.41) is 9.63. The number of anilines is 2. The molecule has 130 valence electrons. The van der Waals surface area contributed by atoms with E-state index in [1.807, 2.05) is 24.3 Å². The van der Waals surface area contributed by atoms with Crippen molar-refractivity contribution in [2.75, 3.05) is 10.9 Å². The molecule has 0 fully saturated rings. The number of rotatable bonds is 6. The first-order chi connectivity index (χ1) is 12.7. The number of benzene rings is 2. The maximum atomic E-state index is 5.85. The van der Waals surface area contributed by atoms with Crippen LogP contribution in [-0.4, -0.2) is 22.4 Å². The standard InChI is InChI=1S/C18H14Cl2N6/c19-15-5-1-13(2-6-15)10-23-25-17-9-18(22-12-21-17)26-24-11-14-3-7-16(20)8-4-14/h1-12H,(H2,21,22,25,26)/b23-10+,24-11+. The van der Waals surface area contributed by atoms with Gasteiger partial charge in [0.25, 0.3) is 0 Å². The van der Waals surface area contributed by atoms with Gasteiger partial charge in [-0.15, -0.1) is 0 Å². The van der Waals surface area contributed by atoms with Crippen molar-refractivity contribution in [3.63, 3.8) is 0 Å². The van der Waals surface area contributed by atoms with Crippen LogP contribution in [0.4, 0.5) is 11.6 Å². The van der Waals surface area contributed by atoms with Crippen LogP contribution < -0.4 is 10.9 Å². The number of hydrogen-bond acceptors (Lipinski definition) is 6. The van der Waals surface area contributed by atoms with Crippen molar-refractivity contribution in [3.8, 4) is 0 Å². The Hall–Kier alpha value is -2.96. The van der Waals surface area contributed by atoms with E-state index in [-0.39, 0.29) is 0 Å². The van der Waals surface area contributed by atoms with Crippen molar-refractivity contribution in [2.45, 2.75) is 0 Å². The minimum atomic E-state index is 0.536. The molecule has 0 amide bonds. The predicted molar refractivity (Wildman–Crippen MR) is 107 cm³/mol. The molecule has 6 nitrogen and oxygen atoms in total. The van der Waals surface area contributed by atoms with Gasteiger partial charge in [-0.05, 0) is 35.4 Å². The fraction of sp³-hybridized carbons (Fsp3) is 0. The molecule has 0 saturated carbocycles. The minimum absolute atomic E-state index is 0.536. The third-order valence-electron chi connectivity index (χ3n) is 3.19. The molecule has 0 aliphatic heterocycles. The molecule has 0 radical (unpaired) electrons. The lowest BCUT2D eigenvalue weighted by atomic mass is 10.2. The highest BCUT2D eigenvalue weighted by Crippen LogP contribution is 2.11. The Morgan fingerprint density at radius 1 is 0.692 bits per heavy atom. The van der Waals surface area contributed by atoms with Crippen LogP contribution in [0.15, 0.2) is 71.1 Å². The first-order valence-corrected chi connectivity index (χ1v) is 8.36. The summed E-state index contributed by atoms with van der Waals surface area (Å²) < 4.78 is 0. The largest absolute Gasteiger partial charge is 0.261 e. The number of halogens is 2. The third kappa shape index (κ3) is 5.54. The van der Waals surface area contributed by atoms with Gasteiger partial charge in [-0.1, -0.05) is 47.5 Å². The van der Waals surface area contributed by atoms with E-state index in [0.717, 1.165) is 11.1 Å². The van der Waals surface area contributed by atoms with Gasteiger partial charge in [0.05, 0.1) is 12.4 Å². The quantitative estimate of drug-likeness (QED) is 0.478. The third-order valence-corrected chi connectivity index (χ3v) is 3.70. The van der Waals surface area contributed by atoms with E-state index in [2.05, 4.69) is 31.0 Å². The summed E-state index contributed by atoms with van der Waals surface area (Å²) in [7, 11) is 0. The average Bonchev–Trinajstić information content (AvgIpc) is 2.65. The van der Waals surface area contributed by atoms with Crippen molar-refractivity contribution in [1.82, 2.24) is 9.97 Å². The zero-order valence-corrected chi connectivity index (χ0v) is 15.0. The first kappa shape index (κ1) is 17.8. The van der Waals surface area contributed by atoms with Gasteiger partial charge in [0.2, 0.25) is 0 Å². The van der Waals surface area contributed by atoms with E-state index in [4.69, 9.17) is 23.2 Å². The summed E-state index contributed by atoms with van der Waals surface area (Å²) in [6.07, 6.45) is 4.76. The molecule has 3 aromatic rings. The van der Waals surface area contributed by atoms with Crippen molar-refractivity contribution in [3.05, 3.63) is 82.1 Å². The van der Waals surface area contributed by atoms with Crippen LogP contribution in [0.25, 0.3) is 0 Å². The number of nitrogens with one attached hydrogen (secondary N) is 2. The molecule has 1 aromatic heterocycles. The Bertz CT molecular complexity index is 835. The average molecular weight is 385 g/mol. The Balaban J connectivity index is 1.57. The highest BCUT2D eigenvalue weighted by atomic mass is 35.5. The molecule has 0 aliphatic rings. The van der Waals surface area contributed by atoms with Gasteiger partial charge in [-0.3, -0.25) is 10.9 Å². The Labute approximate surface area is 160 Å². The van der Waals surface area contributed by atoms with E-state index in [1.165, 1.54) is 6.33 Å². The van der Waals surface area contributed by atoms with Gasteiger partial charge in [0, 0.05) is 16.1 Å². The van der Waals surface area contributed by atoms with Crippen LogP contribution in [-0.2, 0) is 0 Å². The monoisotopic (exact) mass is 384 g/mol. The highest BCUT2D eigenvalue weighted by molar-refractivity contribution is 6.30. The molecule has 0 saturated heterocycles. The fourth-order valence-electron chi connectivity index (χ4n) is 1.92. The molecule has 0 atom stereocenters. The summed E-state index contributed by atoms with van der Waals surface area (Å²) in [6.45, 7) is 0. The second-order valence-corrected chi connectivity index (χ2v) is 6.00. The van der Waals surface area contributed by atoms with Crippen molar-refractivity contribution < 1.29 is 0 Å². The summed E-state index contributed by atoms with van der Waals surface area (Å²) in [5.74, 6) is 1.07. The lowest BCUT2D eigenvalue weighted by molar-refractivity contribution is 1.12. The van der Waals surface area contributed by atoms with E-state index >= 15 is 0 Å². The van der Waals surface area contributed by atoms with Crippen LogP contribution in [0.5, 0.6) is 0 Å². The fourth-order valence-corrected chi connectivity index (χ4v) is 2.18. The molecule has 0 bridgehead atoms. The molecule has 0 unspecified atom stereocenters. The molecule has 0 spiro atoms. The van der Waals surface area contributed by atoms with Crippen LogP contribution in [0.1, 0.15) is 11.1 Å². The van der Waals surface area contributed by atoms with Crippen LogP contribution in [0.3, 0.4) is 0 Å².